The Bertz CT molecular complexity index is 1480. The number of aryl methyl sites for hydroxylation is 1. The van der Waals surface area contributed by atoms with Crippen molar-refractivity contribution in [2.45, 2.75) is 25.8 Å². The number of benzene rings is 2. The van der Waals surface area contributed by atoms with Crippen LogP contribution in [0.2, 0.25) is 0 Å². The average Bonchev–Trinajstić information content (AvgIpc) is 3.30. The number of H-pyrrole nitrogens is 1. The summed E-state index contributed by atoms with van der Waals surface area (Å²) in [5, 5.41) is 0. The number of nitrogens with two attached hydrogens (primary N) is 1. The summed E-state index contributed by atoms with van der Waals surface area (Å²) in [5.74, 6) is -1.02. The second-order valence-corrected chi connectivity index (χ2v) is 9.17. The number of carbonyl (C=O) groups excluding carboxylic acids is 1. The molecule has 0 aliphatic carbocycles. The van der Waals surface area contributed by atoms with Crippen LogP contribution in [0.3, 0.4) is 0 Å². The van der Waals surface area contributed by atoms with Crippen LogP contribution in [-0.2, 0) is 4.74 Å². The molecule has 0 bridgehead atoms. The van der Waals surface area contributed by atoms with Crippen molar-refractivity contribution < 1.29 is 23.0 Å². The van der Waals surface area contributed by atoms with E-state index in [0.717, 1.165) is 18.4 Å². The number of methoxy groups -OCH3 is 2. The van der Waals surface area contributed by atoms with Crippen LogP contribution in [0.4, 0.5) is 14.5 Å². The first-order valence-corrected chi connectivity index (χ1v) is 11.9. The molecule has 8 nitrogen and oxygen atoms in total. The summed E-state index contributed by atoms with van der Waals surface area (Å²) in [6.07, 6.45) is 3.02. The lowest BCUT2D eigenvalue weighted by molar-refractivity contribution is 0.0595. The first-order chi connectivity index (χ1) is 17.8. The molecule has 0 atom stereocenters. The maximum atomic E-state index is 14.5. The van der Waals surface area contributed by atoms with Crippen molar-refractivity contribution in [3.63, 3.8) is 0 Å². The molecule has 2 aromatic carbocycles. The van der Waals surface area contributed by atoms with Crippen molar-refractivity contribution in [1.82, 2.24) is 15.0 Å². The smallest absolute Gasteiger partial charge is 0.357 e. The van der Waals surface area contributed by atoms with E-state index in [0.29, 0.717) is 46.5 Å². The van der Waals surface area contributed by atoms with E-state index in [9.17, 15) is 13.6 Å². The van der Waals surface area contributed by atoms with Gasteiger partial charge in [0.1, 0.15) is 28.7 Å². The number of fused-ring (bicyclic) bond motifs is 1. The largest absolute Gasteiger partial charge is 0.494 e. The Morgan fingerprint density at radius 1 is 1.11 bits per heavy atom. The van der Waals surface area contributed by atoms with Gasteiger partial charge < -0.3 is 25.1 Å². The van der Waals surface area contributed by atoms with Gasteiger partial charge in [-0.25, -0.2) is 23.5 Å². The highest BCUT2D eigenvalue weighted by Crippen LogP contribution is 2.42. The monoisotopic (exact) mass is 507 g/mol. The number of nitrogens with zero attached hydrogens (tertiary/aromatic N) is 3. The van der Waals surface area contributed by atoms with Crippen LogP contribution in [0.15, 0.2) is 36.5 Å². The third-order valence-electron chi connectivity index (χ3n) is 6.61. The Balaban J connectivity index is 1.84. The molecule has 5 rings (SSSR count). The number of esters is 1. The lowest BCUT2D eigenvalue weighted by Crippen LogP contribution is -2.40. The quantitative estimate of drug-likeness (QED) is 0.380. The van der Waals surface area contributed by atoms with E-state index < -0.39 is 11.8 Å². The van der Waals surface area contributed by atoms with Gasteiger partial charge in [0.2, 0.25) is 0 Å². The highest BCUT2D eigenvalue weighted by atomic mass is 19.1. The summed E-state index contributed by atoms with van der Waals surface area (Å²) >= 11 is 0. The zero-order chi connectivity index (χ0) is 26.3. The summed E-state index contributed by atoms with van der Waals surface area (Å²) in [5.41, 5.74) is 9.98. The fraction of sp³-hybridized carbons (Fsp3) is 0.296. The molecule has 10 heteroatoms. The van der Waals surface area contributed by atoms with Gasteiger partial charge >= 0.3 is 5.97 Å². The molecule has 1 saturated heterocycles. The Labute approximate surface area is 212 Å². The van der Waals surface area contributed by atoms with E-state index in [1.165, 1.54) is 38.5 Å². The van der Waals surface area contributed by atoms with Crippen LogP contribution in [0, 0.1) is 18.6 Å². The highest BCUT2D eigenvalue weighted by molar-refractivity contribution is 6.03. The van der Waals surface area contributed by atoms with E-state index in [1.54, 1.807) is 6.20 Å². The molecule has 0 unspecified atom stereocenters. The molecule has 2 aromatic heterocycles. The minimum atomic E-state index is -0.662. The molecule has 0 spiro atoms. The number of rotatable bonds is 5. The zero-order valence-corrected chi connectivity index (χ0v) is 20.8. The molecule has 1 fully saturated rings. The molecule has 0 radical (unpaired) electrons. The third kappa shape index (κ3) is 4.60. The van der Waals surface area contributed by atoms with Crippen molar-refractivity contribution in [2.75, 3.05) is 32.2 Å². The van der Waals surface area contributed by atoms with E-state index in [1.807, 2.05) is 13.0 Å². The van der Waals surface area contributed by atoms with Crippen LogP contribution in [-0.4, -0.2) is 54.3 Å². The van der Waals surface area contributed by atoms with E-state index >= 15 is 0 Å². The molecule has 0 saturated carbocycles. The minimum Gasteiger partial charge on any atom is -0.494 e. The predicted octanol–water partition coefficient (Wildman–Crippen LogP) is 4.60. The van der Waals surface area contributed by atoms with Gasteiger partial charge in [0.25, 0.3) is 0 Å². The Hall–Kier alpha value is -4.05. The summed E-state index contributed by atoms with van der Waals surface area (Å²) < 4.78 is 39.1. The SMILES string of the molecule is COC(=O)c1ncc(-c2cc(C)cc(F)c2)c(N2CCC(N)CC2)c1-c1nc2c(OC)cc(F)cc2[nH]1. The molecule has 37 heavy (non-hydrogen) atoms. The van der Waals surface area contributed by atoms with Gasteiger partial charge in [-0.15, -0.1) is 0 Å². The summed E-state index contributed by atoms with van der Waals surface area (Å²) in [4.78, 5) is 27.3. The number of halogens is 2. The standard InChI is InChI=1S/C27H27F2N5O3/c1-14-8-15(10-16(28)9-14)19-13-31-24(27(35)37-3)22(25(19)34-6-4-18(30)5-7-34)26-32-20-11-17(29)12-21(36-2)23(20)33-26/h8-13,18H,4-7,30H2,1-3H3,(H,32,33). The number of anilines is 1. The van der Waals surface area contributed by atoms with Gasteiger partial charge in [0.05, 0.1) is 31.0 Å². The number of nitrogens with one attached hydrogen (secondary N) is 1. The van der Waals surface area contributed by atoms with Crippen molar-refractivity contribution in [3.05, 3.63) is 59.4 Å². The third-order valence-corrected chi connectivity index (χ3v) is 6.61. The molecule has 3 N–H and O–H groups in total. The number of aromatic nitrogens is 3. The van der Waals surface area contributed by atoms with Gasteiger partial charge in [-0.05, 0) is 49.1 Å². The summed E-state index contributed by atoms with van der Waals surface area (Å²) in [6.45, 7) is 3.03. The Morgan fingerprint density at radius 2 is 1.84 bits per heavy atom. The van der Waals surface area contributed by atoms with E-state index in [-0.39, 0.29) is 29.1 Å². The van der Waals surface area contributed by atoms with Gasteiger partial charge in [0, 0.05) is 37.0 Å². The maximum Gasteiger partial charge on any atom is 0.357 e. The van der Waals surface area contributed by atoms with Crippen LogP contribution < -0.4 is 15.4 Å². The van der Waals surface area contributed by atoms with Crippen LogP contribution in [0.5, 0.6) is 5.75 Å². The van der Waals surface area contributed by atoms with Crippen molar-refractivity contribution in [3.8, 4) is 28.3 Å². The van der Waals surface area contributed by atoms with Crippen molar-refractivity contribution >= 4 is 22.7 Å². The molecule has 1 aliphatic heterocycles. The number of aromatic amines is 1. The fourth-order valence-electron chi connectivity index (χ4n) is 4.86. The fourth-order valence-corrected chi connectivity index (χ4v) is 4.86. The minimum absolute atomic E-state index is 0.0303. The Kier molecular flexibility index (Phi) is 6.51. The molecular weight excluding hydrogens is 480 g/mol. The second kappa shape index (κ2) is 9.78. The molecule has 3 heterocycles. The van der Waals surface area contributed by atoms with Gasteiger partial charge in [0.15, 0.2) is 5.69 Å². The highest BCUT2D eigenvalue weighted by Gasteiger charge is 2.30. The Morgan fingerprint density at radius 3 is 2.51 bits per heavy atom. The number of hydrogen-bond acceptors (Lipinski definition) is 7. The van der Waals surface area contributed by atoms with Crippen molar-refractivity contribution in [2.24, 2.45) is 5.73 Å². The normalized spacial score (nSPS) is 14.3. The molecule has 192 valence electrons. The average molecular weight is 508 g/mol. The first-order valence-electron chi connectivity index (χ1n) is 11.9. The number of pyridine rings is 1. The number of ether oxygens (including phenoxy) is 2. The van der Waals surface area contributed by atoms with Gasteiger partial charge in [-0.2, -0.15) is 0 Å². The molecule has 4 aromatic rings. The van der Waals surface area contributed by atoms with Crippen LogP contribution >= 0.6 is 0 Å². The first kappa shape index (κ1) is 24.6. The second-order valence-electron chi connectivity index (χ2n) is 9.17. The molecule has 1 aliphatic rings. The van der Waals surface area contributed by atoms with E-state index in [4.69, 9.17) is 20.2 Å². The van der Waals surface area contributed by atoms with Gasteiger partial charge in [-0.1, -0.05) is 6.07 Å². The number of imidazole rings is 1. The number of piperidine rings is 1. The lowest BCUT2D eigenvalue weighted by Gasteiger charge is -2.35. The lowest BCUT2D eigenvalue weighted by atomic mass is 9.95. The number of carbonyl (C=O) groups is 1. The maximum absolute atomic E-state index is 14.5. The van der Waals surface area contributed by atoms with Gasteiger partial charge in [-0.3, -0.25) is 0 Å². The number of hydrogen-bond donors (Lipinski definition) is 2. The molecular formula is C27H27F2N5O3. The summed E-state index contributed by atoms with van der Waals surface area (Å²) in [7, 11) is 2.70. The van der Waals surface area contributed by atoms with Crippen LogP contribution in [0.1, 0.15) is 28.9 Å². The zero-order valence-electron chi connectivity index (χ0n) is 20.8. The van der Waals surface area contributed by atoms with Crippen molar-refractivity contribution in [1.29, 1.82) is 0 Å². The topological polar surface area (TPSA) is 106 Å². The summed E-state index contributed by atoms with van der Waals surface area (Å²) in [6, 6.07) is 7.34. The van der Waals surface area contributed by atoms with Crippen LogP contribution in [0.25, 0.3) is 33.5 Å². The molecule has 0 amide bonds. The predicted molar refractivity (Wildman–Crippen MR) is 137 cm³/mol. The van der Waals surface area contributed by atoms with E-state index in [2.05, 4.69) is 14.9 Å².